The van der Waals surface area contributed by atoms with Crippen LogP contribution in [0.3, 0.4) is 0 Å². The monoisotopic (exact) mass is 406 g/mol. The minimum absolute atomic E-state index is 0.0250. The fourth-order valence-corrected chi connectivity index (χ4v) is 4.93. The molecule has 4 rings (SSSR count). The largest absolute Gasteiger partial charge is 0.311 e. The molecule has 0 bridgehead atoms. The molecule has 1 aliphatic heterocycles. The summed E-state index contributed by atoms with van der Waals surface area (Å²) in [5.41, 5.74) is 2.41. The number of nitrogens with zero attached hydrogens (tertiary/aromatic N) is 2. The van der Waals surface area contributed by atoms with Gasteiger partial charge in [-0.05, 0) is 54.8 Å². The summed E-state index contributed by atoms with van der Waals surface area (Å²) >= 11 is 2.73. The maximum Gasteiger partial charge on any atom is 0.237 e. The molecule has 0 saturated carbocycles. The number of thiazole rings is 1. The van der Waals surface area contributed by atoms with Crippen LogP contribution in [0.5, 0.6) is 0 Å². The predicted molar refractivity (Wildman–Crippen MR) is 109 cm³/mol. The summed E-state index contributed by atoms with van der Waals surface area (Å²) in [6, 6.07) is 9.04. The zero-order valence-electron chi connectivity index (χ0n) is 15.2. The van der Waals surface area contributed by atoms with Crippen LogP contribution in [0, 0.1) is 11.6 Å². The van der Waals surface area contributed by atoms with Gasteiger partial charge in [-0.3, -0.25) is 4.79 Å². The average Bonchev–Trinajstić information content (AvgIpc) is 3.09. The third-order valence-corrected chi connectivity index (χ3v) is 6.26. The number of carbonyl (C=O) groups excluding carboxylic acids is 1. The summed E-state index contributed by atoms with van der Waals surface area (Å²) in [7, 11) is 0. The first-order chi connectivity index (χ1) is 13.1. The van der Waals surface area contributed by atoms with Gasteiger partial charge in [-0.1, -0.05) is 25.6 Å². The van der Waals surface area contributed by atoms with Crippen molar-refractivity contribution in [2.45, 2.75) is 31.0 Å². The van der Waals surface area contributed by atoms with E-state index in [2.05, 4.69) is 4.98 Å². The first kappa shape index (κ1) is 19.8. The number of aryl methyl sites for hydroxylation is 1. The Balaban J connectivity index is 0.00000102. The van der Waals surface area contributed by atoms with Crippen molar-refractivity contribution in [2.75, 3.05) is 17.2 Å². The second kappa shape index (κ2) is 8.80. The Morgan fingerprint density at radius 2 is 1.93 bits per heavy atom. The highest BCUT2D eigenvalue weighted by Gasteiger charge is 2.23. The molecule has 0 radical (unpaired) electrons. The molecule has 142 valence electrons. The van der Waals surface area contributed by atoms with Crippen LogP contribution in [0.4, 0.5) is 14.5 Å². The van der Waals surface area contributed by atoms with Crippen LogP contribution in [-0.2, 0) is 11.2 Å². The van der Waals surface area contributed by atoms with E-state index >= 15 is 0 Å². The van der Waals surface area contributed by atoms with Crippen molar-refractivity contribution in [1.82, 2.24) is 4.98 Å². The van der Waals surface area contributed by atoms with E-state index in [-0.39, 0.29) is 23.3 Å². The van der Waals surface area contributed by atoms with Crippen LogP contribution >= 0.6 is 23.1 Å². The number of thioether (sulfide) groups is 1. The third kappa shape index (κ3) is 4.47. The molecule has 3 aromatic rings. The Labute approximate surface area is 165 Å². The van der Waals surface area contributed by atoms with Crippen LogP contribution in [0.2, 0.25) is 0 Å². The third-order valence-electron chi connectivity index (χ3n) is 4.11. The molecule has 0 aliphatic carbocycles. The van der Waals surface area contributed by atoms with Crippen molar-refractivity contribution in [3.05, 3.63) is 53.6 Å². The molecule has 2 heterocycles. The molecule has 0 saturated heterocycles. The number of carbonyl (C=O) groups is 1. The summed E-state index contributed by atoms with van der Waals surface area (Å²) in [6.45, 7) is 4.64. The molecule has 2 aromatic carbocycles. The summed E-state index contributed by atoms with van der Waals surface area (Å²) < 4.78 is 28.2. The smallest absolute Gasteiger partial charge is 0.237 e. The fourth-order valence-electron chi connectivity index (χ4n) is 2.97. The van der Waals surface area contributed by atoms with Crippen LogP contribution < -0.4 is 4.90 Å². The molecule has 0 atom stereocenters. The average molecular weight is 407 g/mol. The number of halogens is 2. The number of hydrogen-bond donors (Lipinski definition) is 0. The first-order valence-electron chi connectivity index (χ1n) is 8.88. The quantitative estimate of drug-likeness (QED) is 0.525. The van der Waals surface area contributed by atoms with Crippen molar-refractivity contribution in [1.29, 1.82) is 0 Å². The molecule has 7 heteroatoms. The van der Waals surface area contributed by atoms with E-state index in [0.29, 0.717) is 6.54 Å². The number of hydrogen-bond acceptors (Lipinski definition) is 4. The van der Waals surface area contributed by atoms with Gasteiger partial charge in [-0.15, -0.1) is 11.3 Å². The molecular formula is C20H20F2N2OS2. The van der Waals surface area contributed by atoms with Gasteiger partial charge < -0.3 is 4.90 Å². The molecule has 0 fully saturated rings. The first-order valence-corrected chi connectivity index (χ1v) is 10.7. The highest BCUT2D eigenvalue weighted by atomic mass is 32.2. The van der Waals surface area contributed by atoms with Gasteiger partial charge in [0.2, 0.25) is 5.91 Å². The highest BCUT2D eigenvalue weighted by molar-refractivity contribution is 8.01. The summed E-state index contributed by atoms with van der Waals surface area (Å²) in [6.07, 6.45) is 1.61. The molecule has 1 aromatic heterocycles. The van der Waals surface area contributed by atoms with Gasteiger partial charge >= 0.3 is 0 Å². The van der Waals surface area contributed by atoms with Crippen molar-refractivity contribution in [2.24, 2.45) is 0 Å². The van der Waals surface area contributed by atoms with Gasteiger partial charge in [-0.2, -0.15) is 0 Å². The topological polar surface area (TPSA) is 33.2 Å². The Hall–Kier alpha value is -1.99. The lowest BCUT2D eigenvalue weighted by molar-refractivity contribution is -0.116. The highest BCUT2D eigenvalue weighted by Crippen LogP contribution is 2.32. The molecule has 1 aliphatic rings. The number of fused-ring (bicyclic) bond motifs is 2. The number of amides is 1. The lowest BCUT2D eigenvalue weighted by atomic mass is 10.0. The zero-order chi connectivity index (χ0) is 19.4. The van der Waals surface area contributed by atoms with Crippen molar-refractivity contribution in [3.63, 3.8) is 0 Å². The van der Waals surface area contributed by atoms with E-state index in [1.807, 2.05) is 13.8 Å². The SMILES string of the molecule is CC.O=C(CSc1nc2ccc(F)cc2s1)N1CCCc2cc(F)ccc21. The normalized spacial score (nSPS) is 13.1. The Morgan fingerprint density at radius 3 is 2.74 bits per heavy atom. The Morgan fingerprint density at radius 1 is 1.19 bits per heavy atom. The van der Waals surface area contributed by atoms with Crippen molar-refractivity contribution in [3.8, 4) is 0 Å². The maximum absolute atomic E-state index is 13.4. The van der Waals surface area contributed by atoms with E-state index < -0.39 is 0 Å². The van der Waals surface area contributed by atoms with E-state index in [4.69, 9.17) is 0 Å². The van der Waals surface area contributed by atoms with Gasteiger partial charge in [0.25, 0.3) is 0 Å². The van der Waals surface area contributed by atoms with Crippen molar-refractivity contribution >= 4 is 44.9 Å². The minimum atomic E-state index is -0.291. The van der Waals surface area contributed by atoms with E-state index in [1.165, 1.54) is 47.4 Å². The standard InChI is InChI=1S/C18H14F2N2OS2.C2H6/c19-12-4-6-15-11(8-12)2-1-7-22(15)17(23)10-24-18-21-14-5-3-13(20)9-16(14)25-18;1-2/h3-6,8-9H,1-2,7,10H2;1-2H3. The fraction of sp³-hybridized carbons (Fsp3) is 0.300. The second-order valence-corrected chi connectivity index (χ2v) is 8.06. The lowest BCUT2D eigenvalue weighted by Gasteiger charge is -2.29. The number of anilines is 1. The van der Waals surface area contributed by atoms with Gasteiger partial charge in [0, 0.05) is 12.2 Å². The Kier molecular flexibility index (Phi) is 6.44. The lowest BCUT2D eigenvalue weighted by Crippen LogP contribution is -2.36. The van der Waals surface area contributed by atoms with E-state index in [0.717, 1.165) is 38.6 Å². The zero-order valence-corrected chi connectivity index (χ0v) is 16.8. The predicted octanol–water partition coefficient (Wildman–Crippen LogP) is 5.67. The Bertz CT molecular complexity index is 958. The van der Waals surface area contributed by atoms with Gasteiger partial charge in [0.1, 0.15) is 11.6 Å². The summed E-state index contributed by atoms with van der Waals surface area (Å²) in [4.78, 5) is 18.8. The van der Waals surface area contributed by atoms with Gasteiger partial charge in [0.15, 0.2) is 4.34 Å². The molecule has 0 unspecified atom stereocenters. The second-order valence-electron chi connectivity index (χ2n) is 5.80. The van der Waals surface area contributed by atoms with Crippen LogP contribution in [0.1, 0.15) is 25.8 Å². The molecule has 27 heavy (non-hydrogen) atoms. The maximum atomic E-state index is 13.4. The van der Waals surface area contributed by atoms with Crippen LogP contribution in [0.15, 0.2) is 40.7 Å². The van der Waals surface area contributed by atoms with Crippen LogP contribution in [0.25, 0.3) is 10.2 Å². The number of benzene rings is 2. The molecule has 0 spiro atoms. The molecule has 0 N–H and O–H groups in total. The van der Waals surface area contributed by atoms with Gasteiger partial charge in [-0.25, -0.2) is 13.8 Å². The summed E-state index contributed by atoms with van der Waals surface area (Å²) in [5.74, 6) is -0.341. The molecule has 3 nitrogen and oxygen atoms in total. The number of aromatic nitrogens is 1. The minimum Gasteiger partial charge on any atom is -0.311 e. The molecular weight excluding hydrogens is 386 g/mol. The molecule has 1 amide bonds. The van der Waals surface area contributed by atoms with Gasteiger partial charge in [0.05, 0.1) is 16.0 Å². The van der Waals surface area contributed by atoms with E-state index in [1.54, 1.807) is 17.0 Å². The summed E-state index contributed by atoms with van der Waals surface area (Å²) in [5, 5.41) is 0. The van der Waals surface area contributed by atoms with Crippen molar-refractivity contribution < 1.29 is 13.6 Å². The van der Waals surface area contributed by atoms with Crippen LogP contribution in [-0.4, -0.2) is 23.2 Å². The van der Waals surface area contributed by atoms with E-state index in [9.17, 15) is 13.6 Å². The number of rotatable bonds is 3.